The standard InChI is InChI=1S/C16H24N2O3/c1-3-4-10-17-15(19)12-16(20)18-11-9-13-5-7-14(21-2)8-6-13/h5-8H,3-4,9-12H2,1-2H3,(H,17,19)(H,18,20). The number of carbonyl (C=O) groups excluding carboxylic acids is 2. The van der Waals surface area contributed by atoms with Crippen LogP contribution in [0.2, 0.25) is 0 Å². The number of methoxy groups -OCH3 is 1. The second-order valence-electron chi connectivity index (χ2n) is 4.83. The van der Waals surface area contributed by atoms with E-state index in [4.69, 9.17) is 4.74 Å². The molecule has 0 aliphatic rings. The molecule has 5 nitrogen and oxygen atoms in total. The first-order valence-corrected chi connectivity index (χ1v) is 7.32. The Hall–Kier alpha value is -2.04. The van der Waals surface area contributed by atoms with E-state index in [1.807, 2.05) is 24.3 Å². The lowest BCUT2D eigenvalue weighted by molar-refractivity contribution is -0.129. The molecule has 0 saturated carbocycles. The quantitative estimate of drug-likeness (QED) is 0.537. The fraction of sp³-hybridized carbons (Fsp3) is 0.500. The Balaban J connectivity index is 2.19. The van der Waals surface area contributed by atoms with Crippen LogP contribution in [-0.4, -0.2) is 32.0 Å². The lowest BCUT2D eigenvalue weighted by Gasteiger charge is -2.07. The first-order chi connectivity index (χ1) is 10.2. The van der Waals surface area contributed by atoms with Crippen molar-refractivity contribution in [1.82, 2.24) is 10.6 Å². The summed E-state index contributed by atoms with van der Waals surface area (Å²) in [5.41, 5.74) is 1.11. The van der Waals surface area contributed by atoms with Gasteiger partial charge in [0.05, 0.1) is 7.11 Å². The minimum atomic E-state index is -0.238. The highest BCUT2D eigenvalue weighted by Gasteiger charge is 2.07. The van der Waals surface area contributed by atoms with E-state index in [1.54, 1.807) is 7.11 Å². The Morgan fingerprint density at radius 1 is 1.05 bits per heavy atom. The topological polar surface area (TPSA) is 67.4 Å². The van der Waals surface area contributed by atoms with Crippen LogP contribution in [0.25, 0.3) is 0 Å². The molecule has 1 rings (SSSR count). The van der Waals surface area contributed by atoms with Crippen molar-refractivity contribution in [2.75, 3.05) is 20.2 Å². The number of ether oxygens (including phenoxy) is 1. The number of rotatable bonds is 9. The summed E-state index contributed by atoms with van der Waals surface area (Å²) >= 11 is 0. The molecule has 2 amide bonds. The molecule has 0 saturated heterocycles. The third kappa shape index (κ3) is 7.34. The second-order valence-corrected chi connectivity index (χ2v) is 4.83. The van der Waals surface area contributed by atoms with Crippen molar-refractivity contribution in [1.29, 1.82) is 0 Å². The lowest BCUT2D eigenvalue weighted by atomic mass is 10.1. The number of benzene rings is 1. The van der Waals surface area contributed by atoms with Gasteiger partial charge in [0.1, 0.15) is 12.2 Å². The number of amides is 2. The molecule has 5 heteroatoms. The van der Waals surface area contributed by atoms with Gasteiger partial charge < -0.3 is 15.4 Å². The number of carbonyl (C=O) groups is 2. The highest BCUT2D eigenvalue weighted by Crippen LogP contribution is 2.11. The van der Waals surface area contributed by atoms with Crippen LogP contribution in [-0.2, 0) is 16.0 Å². The second kappa shape index (κ2) is 9.80. The smallest absolute Gasteiger partial charge is 0.229 e. The third-order valence-electron chi connectivity index (χ3n) is 3.07. The summed E-state index contributed by atoms with van der Waals surface area (Å²) in [6, 6.07) is 7.70. The Kier molecular flexibility index (Phi) is 7.94. The maximum Gasteiger partial charge on any atom is 0.229 e. The summed E-state index contributed by atoms with van der Waals surface area (Å²) in [6.07, 6.45) is 2.58. The van der Waals surface area contributed by atoms with Gasteiger partial charge in [0.15, 0.2) is 0 Å². The van der Waals surface area contributed by atoms with E-state index in [0.29, 0.717) is 13.1 Å². The summed E-state index contributed by atoms with van der Waals surface area (Å²) in [7, 11) is 1.63. The Morgan fingerprint density at radius 3 is 2.24 bits per heavy atom. The number of nitrogens with one attached hydrogen (secondary N) is 2. The van der Waals surface area contributed by atoms with E-state index in [0.717, 1.165) is 30.6 Å². The van der Waals surface area contributed by atoms with Crippen LogP contribution in [0.4, 0.5) is 0 Å². The molecule has 1 aromatic rings. The molecular formula is C16H24N2O3. The molecule has 0 aromatic heterocycles. The number of hydrogen-bond donors (Lipinski definition) is 2. The molecule has 0 spiro atoms. The van der Waals surface area contributed by atoms with E-state index in [2.05, 4.69) is 17.6 Å². The molecule has 0 aliphatic heterocycles. The average molecular weight is 292 g/mol. The zero-order chi connectivity index (χ0) is 15.5. The van der Waals surface area contributed by atoms with E-state index in [1.165, 1.54) is 0 Å². The van der Waals surface area contributed by atoms with Gasteiger partial charge in [-0.3, -0.25) is 9.59 Å². The minimum Gasteiger partial charge on any atom is -0.497 e. The van der Waals surface area contributed by atoms with Crippen LogP contribution in [0, 0.1) is 0 Å². The van der Waals surface area contributed by atoms with Gasteiger partial charge in [0.2, 0.25) is 11.8 Å². The fourth-order valence-electron chi connectivity index (χ4n) is 1.81. The molecule has 0 heterocycles. The lowest BCUT2D eigenvalue weighted by Crippen LogP contribution is -2.33. The molecular weight excluding hydrogens is 268 g/mol. The van der Waals surface area contributed by atoms with Crippen molar-refractivity contribution in [2.45, 2.75) is 32.6 Å². The van der Waals surface area contributed by atoms with Crippen LogP contribution in [0.15, 0.2) is 24.3 Å². The summed E-state index contributed by atoms with van der Waals surface area (Å²) in [6.45, 7) is 3.21. The van der Waals surface area contributed by atoms with Crippen molar-refractivity contribution >= 4 is 11.8 Å². The van der Waals surface area contributed by atoms with Crippen LogP contribution >= 0.6 is 0 Å². The molecule has 0 radical (unpaired) electrons. The van der Waals surface area contributed by atoms with Crippen molar-refractivity contribution < 1.29 is 14.3 Å². The predicted molar refractivity (Wildman–Crippen MR) is 82.2 cm³/mol. The van der Waals surface area contributed by atoms with Gasteiger partial charge in [0.25, 0.3) is 0 Å². The van der Waals surface area contributed by atoms with Crippen LogP contribution < -0.4 is 15.4 Å². The fourth-order valence-corrected chi connectivity index (χ4v) is 1.81. The maximum absolute atomic E-state index is 11.6. The van der Waals surface area contributed by atoms with Crippen molar-refractivity contribution in [3.63, 3.8) is 0 Å². The monoisotopic (exact) mass is 292 g/mol. The minimum absolute atomic E-state index is 0.105. The van der Waals surface area contributed by atoms with Gasteiger partial charge in [-0.2, -0.15) is 0 Å². The number of hydrogen-bond acceptors (Lipinski definition) is 3. The molecule has 0 unspecified atom stereocenters. The molecule has 1 aromatic carbocycles. The van der Waals surface area contributed by atoms with Crippen LogP contribution in [0.5, 0.6) is 5.75 Å². The summed E-state index contributed by atoms with van der Waals surface area (Å²) in [5, 5.41) is 5.47. The Bertz CT molecular complexity index is 443. The number of unbranched alkanes of at least 4 members (excludes halogenated alkanes) is 1. The van der Waals surface area contributed by atoms with E-state index in [9.17, 15) is 9.59 Å². The molecule has 0 atom stereocenters. The van der Waals surface area contributed by atoms with Gasteiger partial charge >= 0.3 is 0 Å². The largest absolute Gasteiger partial charge is 0.497 e. The van der Waals surface area contributed by atoms with Gasteiger partial charge in [0, 0.05) is 13.1 Å². The summed E-state index contributed by atoms with van der Waals surface area (Å²) < 4.78 is 5.08. The average Bonchev–Trinajstić information content (AvgIpc) is 2.48. The van der Waals surface area contributed by atoms with Gasteiger partial charge in [-0.15, -0.1) is 0 Å². The van der Waals surface area contributed by atoms with Gasteiger partial charge in [-0.25, -0.2) is 0 Å². The first kappa shape index (κ1) is 17.0. The summed E-state index contributed by atoms with van der Waals surface area (Å²) in [4.78, 5) is 23.0. The molecule has 0 fully saturated rings. The zero-order valence-electron chi connectivity index (χ0n) is 12.8. The summed E-state index contributed by atoms with van der Waals surface area (Å²) in [5.74, 6) is 0.356. The molecule has 21 heavy (non-hydrogen) atoms. The SMILES string of the molecule is CCCCNC(=O)CC(=O)NCCc1ccc(OC)cc1. The van der Waals surface area contributed by atoms with E-state index in [-0.39, 0.29) is 18.2 Å². The Morgan fingerprint density at radius 2 is 1.67 bits per heavy atom. The highest BCUT2D eigenvalue weighted by molar-refractivity contribution is 5.96. The molecule has 116 valence electrons. The van der Waals surface area contributed by atoms with E-state index < -0.39 is 0 Å². The first-order valence-electron chi connectivity index (χ1n) is 7.32. The zero-order valence-corrected chi connectivity index (χ0v) is 12.8. The van der Waals surface area contributed by atoms with E-state index >= 15 is 0 Å². The predicted octanol–water partition coefficient (Wildman–Crippen LogP) is 1.66. The Labute approximate surface area is 126 Å². The van der Waals surface area contributed by atoms with Crippen molar-refractivity contribution in [3.05, 3.63) is 29.8 Å². The maximum atomic E-state index is 11.6. The molecule has 0 aliphatic carbocycles. The molecule has 2 N–H and O–H groups in total. The van der Waals surface area contributed by atoms with Crippen LogP contribution in [0.1, 0.15) is 31.7 Å². The third-order valence-corrected chi connectivity index (χ3v) is 3.07. The van der Waals surface area contributed by atoms with Crippen molar-refractivity contribution in [3.8, 4) is 5.75 Å². The van der Waals surface area contributed by atoms with Crippen LogP contribution in [0.3, 0.4) is 0 Å². The molecule has 0 bridgehead atoms. The normalized spacial score (nSPS) is 10.0. The van der Waals surface area contributed by atoms with Gasteiger partial charge in [-0.1, -0.05) is 25.5 Å². The van der Waals surface area contributed by atoms with Crippen molar-refractivity contribution in [2.24, 2.45) is 0 Å². The van der Waals surface area contributed by atoms with Gasteiger partial charge in [-0.05, 0) is 30.5 Å². The highest BCUT2D eigenvalue weighted by atomic mass is 16.5.